The molecular formula is C29H32FN9O3. The summed E-state index contributed by atoms with van der Waals surface area (Å²) >= 11 is 0. The van der Waals surface area contributed by atoms with Crippen molar-refractivity contribution >= 4 is 22.8 Å². The van der Waals surface area contributed by atoms with Gasteiger partial charge in [-0.2, -0.15) is 4.98 Å². The molecule has 0 saturated carbocycles. The molecule has 218 valence electrons. The Bertz CT molecular complexity index is 1770. The van der Waals surface area contributed by atoms with Gasteiger partial charge in [0.05, 0.1) is 23.9 Å². The van der Waals surface area contributed by atoms with E-state index in [4.69, 9.17) is 9.72 Å². The summed E-state index contributed by atoms with van der Waals surface area (Å²) < 4.78 is 25.2. The number of nitrogens with zero attached hydrogens (tertiary/aromatic N) is 9. The van der Waals surface area contributed by atoms with Crippen molar-refractivity contribution in [2.75, 3.05) is 24.6 Å². The quantitative estimate of drug-likeness (QED) is 0.340. The fourth-order valence-corrected chi connectivity index (χ4v) is 5.77. The third kappa shape index (κ3) is 4.48. The number of carbonyl (C=O) groups is 1. The first-order valence-electron chi connectivity index (χ1n) is 14.0. The molecule has 0 spiro atoms. The van der Waals surface area contributed by atoms with Crippen LogP contribution in [0, 0.1) is 5.82 Å². The van der Waals surface area contributed by atoms with Gasteiger partial charge >= 0.3 is 5.69 Å². The summed E-state index contributed by atoms with van der Waals surface area (Å²) in [6.07, 6.45) is 4.97. The molecule has 42 heavy (non-hydrogen) atoms. The predicted octanol–water partition coefficient (Wildman–Crippen LogP) is 3.09. The normalized spacial score (nSPS) is 18.7. The van der Waals surface area contributed by atoms with Crippen molar-refractivity contribution in [1.29, 1.82) is 0 Å². The number of hydrogen-bond donors (Lipinski definition) is 0. The Morgan fingerprint density at radius 1 is 1.21 bits per heavy atom. The minimum absolute atomic E-state index is 0.0265. The number of amides is 1. The second-order valence-corrected chi connectivity index (χ2v) is 11.0. The summed E-state index contributed by atoms with van der Waals surface area (Å²) in [4.78, 5) is 44.1. The molecule has 4 aromatic rings. The van der Waals surface area contributed by atoms with Gasteiger partial charge in [0.15, 0.2) is 11.5 Å². The molecule has 2 bridgehead atoms. The van der Waals surface area contributed by atoms with Crippen molar-refractivity contribution in [3.05, 3.63) is 59.2 Å². The molecule has 2 atom stereocenters. The highest BCUT2D eigenvalue weighted by molar-refractivity contribution is 5.91. The molecular weight excluding hydrogens is 541 g/mol. The largest absolute Gasteiger partial charge is 0.491 e. The average Bonchev–Trinajstić information content (AvgIpc) is 3.43. The summed E-state index contributed by atoms with van der Waals surface area (Å²) in [5.41, 5.74) is 1.08. The van der Waals surface area contributed by atoms with Crippen LogP contribution in [0.1, 0.15) is 45.7 Å². The fourth-order valence-electron chi connectivity index (χ4n) is 5.77. The molecule has 13 heteroatoms. The number of piperazine rings is 1. The van der Waals surface area contributed by atoms with E-state index in [1.807, 2.05) is 32.6 Å². The lowest BCUT2D eigenvalue weighted by atomic mass is 10.1. The van der Waals surface area contributed by atoms with Crippen LogP contribution in [0.15, 0.2) is 42.0 Å². The van der Waals surface area contributed by atoms with Gasteiger partial charge in [-0.1, -0.05) is 25.6 Å². The molecule has 12 nitrogen and oxygen atoms in total. The number of halogens is 1. The van der Waals surface area contributed by atoms with E-state index in [1.54, 1.807) is 21.8 Å². The number of ether oxygens (including phenoxy) is 1. The summed E-state index contributed by atoms with van der Waals surface area (Å²) in [6, 6.07) is 2.65. The standard InChI is InChI=1S/C29H32FN9O3/c1-6-23(40)36-14-18(5)37(15-17(36)4)27-19-12-20(30)25-21-13-32-35-38(21)10-7-11-42-22-8-9-31-24(16(2)3)26(22)39(28(19)33-25)29(41)34-27/h6,8-9,12-13,16-18H,1,7,10-11,14-15H2,2-5H3. The molecule has 6 rings (SSSR count). The minimum Gasteiger partial charge on any atom is -0.491 e. The Morgan fingerprint density at radius 3 is 2.79 bits per heavy atom. The number of fused-ring (bicyclic) bond motifs is 5. The maximum atomic E-state index is 16.0. The highest BCUT2D eigenvalue weighted by Gasteiger charge is 2.34. The lowest BCUT2D eigenvalue weighted by Gasteiger charge is -2.44. The van der Waals surface area contributed by atoms with Crippen LogP contribution in [0.3, 0.4) is 0 Å². The van der Waals surface area contributed by atoms with Crippen LogP contribution < -0.4 is 15.3 Å². The molecule has 0 aromatic carbocycles. The molecule has 4 aromatic heterocycles. The van der Waals surface area contributed by atoms with Crippen LogP contribution in [0.4, 0.5) is 10.2 Å². The first kappa shape index (κ1) is 27.5. The van der Waals surface area contributed by atoms with E-state index in [-0.39, 0.29) is 35.2 Å². The van der Waals surface area contributed by atoms with Crippen LogP contribution in [-0.4, -0.2) is 77.1 Å². The van der Waals surface area contributed by atoms with E-state index in [9.17, 15) is 9.59 Å². The Morgan fingerprint density at radius 2 is 2.02 bits per heavy atom. The second kappa shape index (κ2) is 10.6. The molecule has 1 saturated heterocycles. The van der Waals surface area contributed by atoms with E-state index in [0.29, 0.717) is 66.7 Å². The minimum atomic E-state index is -0.601. The molecule has 1 amide bonds. The number of rotatable bonds is 3. The monoisotopic (exact) mass is 573 g/mol. The number of carbonyl (C=O) groups excluding carboxylic acids is 1. The van der Waals surface area contributed by atoms with E-state index >= 15 is 4.39 Å². The van der Waals surface area contributed by atoms with Crippen molar-refractivity contribution in [3.63, 3.8) is 0 Å². The van der Waals surface area contributed by atoms with Gasteiger partial charge < -0.3 is 14.5 Å². The lowest BCUT2D eigenvalue weighted by molar-refractivity contribution is -0.128. The summed E-state index contributed by atoms with van der Waals surface area (Å²) in [6.45, 7) is 12.9. The topological polar surface area (TPSA) is 124 Å². The molecule has 2 aliphatic rings. The van der Waals surface area contributed by atoms with Crippen LogP contribution in [-0.2, 0) is 11.3 Å². The maximum Gasteiger partial charge on any atom is 0.356 e. The zero-order valence-corrected chi connectivity index (χ0v) is 24.0. The van der Waals surface area contributed by atoms with Crippen molar-refractivity contribution in [2.45, 2.75) is 58.7 Å². The van der Waals surface area contributed by atoms with Crippen molar-refractivity contribution in [3.8, 4) is 22.8 Å². The van der Waals surface area contributed by atoms with Crippen molar-refractivity contribution < 1.29 is 13.9 Å². The summed E-state index contributed by atoms with van der Waals surface area (Å²) in [5, 5.41) is 8.47. The zero-order chi connectivity index (χ0) is 29.7. The van der Waals surface area contributed by atoms with Gasteiger partial charge in [-0.25, -0.2) is 23.4 Å². The zero-order valence-electron chi connectivity index (χ0n) is 24.0. The fraction of sp³-hybridized carbons (Fsp3) is 0.414. The lowest BCUT2D eigenvalue weighted by Crippen LogP contribution is -2.58. The van der Waals surface area contributed by atoms with E-state index < -0.39 is 11.5 Å². The molecule has 0 N–H and O–H groups in total. The predicted molar refractivity (Wildman–Crippen MR) is 154 cm³/mol. The van der Waals surface area contributed by atoms with E-state index in [1.165, 1.54) is 22.9 Å². The van der Waals surface area contributed by atoms with Gasteiger partial charge in [0.2, 0.25) is 5.91 Å². The van der Waals surface area contributed by atoms with Crippen LogP contribution >= 0.6 is 0 Å². The smallest absolute Gasteiger partial charge is 0.356 e. The number of aryl methyl sites for hydroxylation is 1. The number of aromatic nitrogens is 7. The average molecular weight is 574 g/mol. The Balaban J connectivity index is 1.66. The van der Waals surface area contributed by atoms with Crippen molar-refractivity contribution in [2.24, 2.45) is 0 Å². The molecule has 2 unspecified atom stereocenters. The molecule has 1 fully saturated rings. The highest BCUT2D eigenvalue weighted by atomic mass is 19.1. The number of hydrogen-bond acceptors (Lipinski definition) is 9. The Kier molecular flexibility index (Phi) is 6.95. The summed E-state index contributed by atoms with van der Waals surface area (Å²) in [7, 11) is 0. The Hall–Kier alpha value is -4.68. The molecule has 6 heterocycles. The van der Waals surface area contributed by atoms with Gasteiger partial charge in [-0.15, -0.1) is 5.10 Å². The molecule has 0 radical (unpaired) electrons. The van der Waals surface area contributed by atoms with Gasteiger partial charge in [0.25, 0.3) is 0 Å². The SMILES string of the molecule is C=CC(=O)N1CC(C)N(c2nc(=O)n3c4nc(c(F)cc24)-c2cnnn2CCCOc2ccnc(C(C)C)c2-3)CC1C. The van der Waals surface area contributed by atoms with Crippen LogP contribution in [0.2, 0.25) is 0 Å². The maximum absolute atomic E-state index is 16.0. The molecule has 2 aliphatic heterocycles. The first-order chi connectivity index (χ1) is 20.2. The van der Waals surface area contributed by atoms with Gasteiger partial charge in [0.1, 0.15) is 28.6 Å². The third-order valence-electron chi connectivity index (χ3n) is 7.84. The summed E-state index contributed by atoms with van der Waals surface area (Å²) in [5.74, 6) is -0.0801. The highest BCUT2D eigenvalue weighted by Crippen LogP contribution is 2.36. The van der Waals surface area contributed by atoms with E-state index in [2.05, 4.69) is 26.9 Å². The van der Waals surface area contributed by atoms with E-state index in [0.717, 1.165) is 0 Å². The Labute approximate surface area is 241 Å². The molecule has 0 aliphatic carbocycles. The van der Waals surface area contributed by atoms with Gasteiger partial charge in [-0.05, 0) is 31.9 Å². The third-order valence-corrected chi connectivity index (χ3v) is 7.84. The van der Waals surface area contributed by atoms with Crippen LogP contribution in [0.5, 0.6) is 5.75 Å². The van der Waals surface area contributed by atoms with Gasteiger partial charge in [-0.3, -0.25) is 9.78 Å². The van der Waals surface area contributed by atoms with Crippen molar-refractivity contribution in [1.82, 2.24) is 39.4 Å². The number of anilines is 1. The number of pyridine rings is 2. The second-order valence-electron chi connectivity index (χ2n) is 11.0. The van der Waals surface area contributed by atoms with Crippen LogP contribution in [0.25, 0.3) is 28.1 Å². The van der Waals surface area contributed by atoms with Gasteiger partial charge in [0, 0.05) is 50.4 Å². The first-order valence-corrected chi connectivity index (χ1v) is 14.0.